The van der Waals surface area contributed by atoms with Crippen LogP contribution in [0.1, 0.15) is 45.3 Å². The predicted molar refractivity (Wildman–Crippen MR) is 122 cm³/mol. The Balaban J connectivity index is 1.84. The summed E-state index contributed by atoms with van der Waals surface area (Å²) in [6.45, 7) is 1.10. The summed E-state index contributed by atoms with van der Waals surface area (Å²) in [5.41, 5.74) is 2.86. The van der Waals surface area contributed by atoms with E-state index >= 15 is 0 Å². The number of nitrogens with two attached hydrogens (primary N) is 1. The highest BCUT2D eigenvalue weighted by molar-refractivity contribution is 6.14. The molecule has 37 heavy (non-hydrogen) atoms. The molecule has 1 amide bonds. The van der Waals surface area contributed by atoms with Crippen molar-refractivity contribution in [2.75, 3.05) is 7.11 Å². The number of pyridine rings is 1. The van der Waals surface area contributed by atoms with Crippen molar-refractivity contribution in [1.82, 2.24) is 19.4 Å². The molecule has 0 aliphatic carbocycles. The van der Waals surface area contributed by atoms with Crippen molar-refractivity contribution in [3.63, 3.8) is 0 Å². The van der Waals surface area contributed by atoms with Gasteiger partial charge in [0, 0.05) is 6.20 Å². The third-order valence-electron chi connectivity index (χ3n) is 6.04. The summed E-state index contributed by atoms with van der Waals surface area (Å²) >= 11 is 0. The highest BCUT2D eigenvalue weighted by atomic mass is 19.4. The van der Waals surface area contributed by atoms with Gasteiger partial charge in [0.05, 0.1) is 42.2 Å². The number of benzene rings is 1. The van der Waals surface area contributed by atoms with Crippen LogP contribution < -0.4 is 5.73 Å². The molecule has 1 aromatic carbocycles. The number of hydrogen-bond donors (Lipinski definition) is 2. The van der Waals surface area contributed by atoms with Crippen molar-refractivity contribution in [3.8, 4) is 11.3 Å². The lowest BCUT2D eigenvalue weighted by atomic mass is 9.96. The Morgan fingerprint density at radius 1 is 1.14 bits per heavy atom. The van der Waals surface area contributed by atoms with E-state index in [1.807, 2.05) is 0 Å². The fourth-order valence-electron chi connectivity index (χ4n) is 4.12. The second-order valence-corrected chi connectivity index (χ2v) is 8.26. The van der Waals surface area contributed by atoms with Gasteiger partial charge >= 0.3 is 12.1 Å². The normalized spacial score (nSPS) is 13.5. The molecule has 0 radical (unpaired) electrons. The van der Waals surface area contributed by atoms with Gasteiger partial charge in [-0.1, -0.05) is 12.1 Å². The number of aliphatic hydroxyl groups is 1. The minimum atomic E-state index is -4.95. The van der Waals surface area contributed by atoms with Crippen LogP contribution in [0, 0.1) is 5.82 Å². The molecule has 194 valence electrons. The molecule has 0 aliphatic heterocycles. The van der Waals surface area contributed by atoms with Gasteiger partial charge < -0.3 is 20.0 Å². The Labute approximate surface area is 207 Å². The average molecular weight is 519 g/mol. The highest BCUT2D eigenvalue weighted by Crippen LogP contribution is 2.40. The van der Waals surface area contributed by atoms with E-state index < -0.39 is 41.6 Å². The largest absolute Gasteiger partial charge is 0.465 e. The van der Waals surface area contributed by atoms with Crippen LogP contribution in [0.5, 0.6) is 0 Å². The van der Waals surface area contributed by atoms with Gasteiger partial charge in [0.25, 0.3) is 5.91 Å². The number of alkyl halides is 3. The van der Waals surface area contributed by atoms with E-state index in [1.54, 1.807) is 6.07 Å². The summed E-state index contributed by atoms with van der Waals surface area (Å²) in [5.74, 6) is -2.27. The quantitative estimate of drug-likeness (QED) is 0.285. The van der Waals surface area contributed by atoms with Gasteiger partial charge in [-0.15, -0.1) is 5.10 Å². The summed E-state index contributed by atoms with van der Waals surface area (Å²) in [7, 11) is 1.13. The molecule has 0 saturated heterocycles. The minimum Gasteiger partial charge on any atom is -0.465 e. The SMILES string of the molecule is CCC(O)(c1cn(Cc2ccn3c(-c4ccc(F)cc4)c(C(=O)OC)c(C(N)=O)c3c2)nn1)C(F)(F)F. The van der Waals surface area contributed by atoms with Crippen molar-refractivity contribution < 1.29 is 37.0 Å². The number of esters is 1. The molecule has 0 spiro atoms. The lowest BCUT2D eigenvalue weighted by molar-refractivity contribution is -0.269. The molecule has 0 saturated carbocycles. The number of halogens is 4. The summed E-state index contributed by atoms with van der Waals surface area (Å²) in [6, 6.07) is 8.33. The number of primary amides is 1. The van der Waals surface area contributed by atoms with Crippen molar-refractivity contribution in [2.45, 2.75) is 31.7 Å². The first-order valence-corrected chi connectivity index (χ1v) is 10.9. The van der Waals surface area contributed by atoms with Crippen molar-refractivity contribution in [3.05, 3.63) is 77.0 Å². The van der Waals surface area contributed by atoms with Gasteiger partial charge in [-0.25, -0.2) is 13.9 Å². The molecule has 0 bridgehead atoms. The van der Waals surface area contributed by atoms with Gasteiger partial charge in [-0.2, -0.15) is 13.2 Å². The molecule has 0 aliphatic rings. The molecule has 3 heterocycles. The molecular formula is C24H21F4N5O4. The van der Waals surface area contributed by atoms with E-state index in [0.29, 0.717) is 11.1 Å². The fraction of sp³-hybridized carbons (Fsp3) is 0.250. The van der Waals surface area contributed by atoms with Crippen LogP contribution in [-0.2, 0) is 16.9 Å². The van der Waals surface area contributed by atoms with E-state index in [0.717, 1.165) is 18.0 Å². The number of rotatable bonds is 7. The van der Waals surface area contributed by atoms with Crippen molar-refractivity contribution in [1.29, 1.82) is 0 Å². The molecule has 3 aromatic heterocycles. The topological polar surface area (TPSA) is 125 Å². The second-order valence-electron chi connectivity index (χ2n) is 8.26. The molecule has 4 rings (SSSR count). The Bertz CT molecular complexity index is 1490. The number of carbonyl (C=O) groups excluding carboxylic acids is 2. The first kappa shape index (κ1) is 25.8. The van der Waals surface area contributed by atoms with Crippen LogP contribution >= 0.6 is 0 Å². The standard InChI is InChI=1S/C24H21F4N5O4/c1-3-23(36,24(26,27)28)17-12-32(31-30-17)11-13-8-9-33-16(10-13)18(21(29)34)19(22(35)37-2)20(33)14-4-6-15(25)7-5-14/h4-10,12,36H,3,11H2,1-2H3,(H2,29,34). The van der Waals surface area contributed by atoms with Gasteiger partial charge in [0.1, 0.15) is 11.5 Å². The van der Waals surface area contributed by atoms with Crippen LogP contribution in [0.3, 0.4) is 0 Å². The number of amides is 1. The monoisotopic (exact) mass is 519 g/mol. The Morgan fingerprint density at radius 2 is 1.81 bits per heavy atom. The van der Waals surface area contributed by atoms with Crippen molar-refractivity contribution >= 4 is 17.4 Å². The maximum atomic E-state index is 13.5. The van der Waals surface area contributed by atoms with Gasteiger partial charge in [-0.3, -0.25) is 4.79 Å². The number of hydrogen-bond acceptors (Lipinski definition) is 6. The Hall–Kier alpha value is -4.26. The van der Waals surface area contributed by atoms with Crippen LogP contribution in [0.2, 0.25) is 0 Å². The number of ether oxygens (including phenoxy) is 1. The third kappa shape index (κ3) is 4.42. The summed E-state index contributed by atoms with van der Waals surface area (Å²) in [5, 5.41) is 17.3. The van der Waals surface area contributed by atoms with Crippen molar-refractivity contribution in [2.24, 2.45) is 5.73 Å². The smallest absolute Gasteiger partial charge is 0.423 e. The van der Waals surface area contributed by atoms with E-state index in [1.165, 1.54) is 47.9 Å². The molecule has 13 heteroatoms. The minimum absolute atomic E-state index is 0.0794. The zero-order valence-corrected chi connectivity index (χ0v) is 19.6. The molecule has 1 atom stereocenters. The fourth-order valence-corrected chi connectivity index (χ4v) is 4.12. The summed E-state index contributed by atoms with van der Waals surface area (Å²) < 4.78 is 61.2. The first-order chi connectivity index (χ1) is 17.4. The van der Waals surface area contributed by atoms with Crippen LogP contribution in [0.4, 0.5) is 17.6 Å². The number of nitrogens with zero attached hydrogens (tertiary/aromatic N) is 4. The van der Waals surface area contributed by atoms with E-state index in [2.05, 4.69) is 10.3 Å². The number of methoxy groups -OCH3 is 1. The van der Waals surface area contributed by atoms with Crippen LogP contribution in [0.25, 0.3) is 16.8 Å². The zero-order chi connectivity index (χ0) is 27.1. The van der Waals surface area contributed by atoms with Crippen LogP contribution in [0.15, 0.2) is 48.8 Å². The predicted octanol–water partition coefficient (Wildman–Crippen LogP) is 3.43. The van der Waals surface area contributed by atoms with Gasteiger partial charge in [-0.05, 0) is 53.9 Å². The Morgan fingerprint density at radius 3 is 2.38 bits per heavy atom. The second kappa shape index (κ2) is 9.32. The maximum Gasteiger partial charge on any atom is 0.423 e. The summed E-state index contributed by atoms with van der Waals surface area (Å²) in [4.78, 5) is 25.1. The number of aromatic nitrogens is 4. The van der Waals surface area contributed by atoms with E-state index in [9.17, 15) is 32.3 Å². The first-order valence-electron chi connectivity index (χ1n) is 10.9. The van der Waals surface area contributed by atoms with E-state index in [4.69, 9.17) is 10.5 Å². The van der Waals surface area contributed by atoms with Gasteiger partial charge in [0.2, 0.25) is 5.60 Å². The lowest BCUT2D eigenvalue weighted by Gasteiger charge is -2.26. The highest BCUT2D eigenvalue weighted by Gasteiger charge is 2.55. The summed E-state index contributed by atoms with van der Waals surface area (Å²) in [6.07, 6.45) is -3.10. The molecule has 1 unspecified atom stereocenters. The maximum absolute atomic E-state index is 13.5. The van der Waals surface area contributed by atoms with Gasteiger partial charge in [0.15, 0.2) is 0 Å². The number of carbonyl (C=O) groups is 2. The molecule has 0 fully saturated rings. The Kier molecular flexibility index (Phi) is 6.50. The number of fused-ring (bicyclic) bond motifs is 1. The molecule has 3 N–H and O–H groups in total. The third-order valence-corrected chi connectivity index (χ3v) is 6.04. The molecular weight excluding hydrogens is 498 g/mol. The molecule has 9 nitrogen and oxygen atoms in total. The van der Waals surface area contributed by atoms with E-state index in [-0.39, 0.29) is 28.9 Å². The zero-order valence-electron chi connectivity index (χ0n) is 19.6. The lowest BCUT2D eigenvalue weighted by Crippen LogP contribution is -2.42. The molecule has 4 aromatic rings. The van der Waals surface area contributed by atoms with Crippen LogP contribution in [-0.4, -0.2) is 49.7 Å². The average Bonchev–Trinajstić information content (AvgIpc) is 3.45.